The Morgan fingerprint density at radius 2 is 2.00 bits per heavy atom. The zero-order valence-corrected chi connectivity index (χ0v) is 14.9. The number of amides is 1. The Bertz CT molecular complexity index is 1050. The van der Waals surface area contributed by atoms with Gasteiger partial charge < -0.3 is 11.1 Å². The summed E-state index contributed by atoms with van der Waals surface area (Å²) in [7, 11) is 0. The van der Waals surface area contributed by atoms with Gasteiger partial charge in [-0.05, 0) is 43.9 Å². The molecule has 3 rings (SSSR count). The molecule has 0 aliphatic heterocycles. The summed E-state index contributed by atoms with van der Waals surface area (Å²) in [5.41, 5.74) is 7.81. The molecule has 3 N–H and O–H groups in total. The van der Waals surface area contributed by atoms with Gasteiger partial charge in [0.1, 0.15) is 17.1 Å². The number of nitrogens with zero attached hydrogens (tertiary/aromatic N) is 3. The number of nitriles is 1. The second-order valence-corrected chi connectivity index (χ2v) is 6.69. The average Bonchev–Trinajstić information content (AvgIpc) is 2.61. The first-order chi connectivity index (χ1) is 12.3. The van der Waals surface area contributed by atoms with Crippen molar-refractivity contribution >= 4 is 28.3 Å². The SMILES string of the molecule is Cc1ccccc1-c1cc2cc(NC(=O)C(C)(C)C#N)ncc2c(N)n1. The minimum atomic E-state index is -1.14. The van der Waals surface area contributed by atoms with Crippen LogP contribution in [0, 0.1) is 23.7 Å². The lowest BCUT2D eigenvalue weighted by atomic mass is 9.95. The average molecular weight is 345 g/mol. The van der Waals surface area contributed by atoms with Gasteiger partial charge in [0.25, 0.3) is 0 Å². The van der Waals surface area contributed by atoms with Crippen LogP contribution in [0.2, 0.25) is 0 Å². The molecule has 0 fully saturated rings. The summed E-state index contributed by atoms with van der Waals surface area (Å²) in [6, 6.07) is 13.6. The fourth-order valence-corrected chi connectivity index (χ4v) is 2.56. The van der Waals surface area contributed by atoms with Crippen molar-refractivity contribution in [1.29, 1.82) is 5.26 Å². The molecule has 0 unspecified atom stereocenters. The van der Waals surface area contributed by atoms with Crippen molar-refractivity contribution in [1.82, 2.24) is 9.97 Å². The number of hydrogen-bond acceptors (Lipinski definition) is 5. The first kappa shape index (κ1) is 17.4. The minimum Gasteiger partial charge on any atom is -0.383 e. The highest BCUT2D eigenvalue weighted by Crippen LogP contribution is 2.29. The van der Waals surface area contributed by atoms with Crippen LogP contribution in [-0.4, -0.2) is 15.9 Å². The minimum absolute atomic E-state index is 0.368. The molecular formula is C20H19N5O. The largest absolute Gasteiger partial charge is 0.383 e. The van der Waals surface area contributed by atoms with Crippen molar-refractivity contribution < 1.29 is 4.79 Å². The predicted molar refractivity (Wildman–Crippen MR) is 102 cm³/mol. The molecule has 130 valence electrons. The fourth-order valence-electron chi connectivity index (χ4n) is 2.56. The van der Waals surface area contributed by atoms with Gasteiger partial charge in [0.15, 0.2) is 0 Å². The van der Waals surface area contributed by atoms with Crippen LogP contribution < -0.4 is 11.1 Å². The fraction of sp³-hybridized carbons (Fsp3) is 0.200. The molecule has 6 nitrogen and oxygen atoms in total. The molecular weight excluding hydrogens is 326 g/mol. The number of carbonyl (C=O) groups excluding carboxylic acids is 1. The third-order valence-electron chi connectivity index (χ3n) is 4.25. The molecule has 0 saturated carbocycles. The van der Waals surface area contributed by atoms with E-state index in [0.717, 1.165) is 22.2 Å². The van der Waals surface area contributed by atoms with Gasteiger partial charge in [-0.3, -0.25) is 4.79 Å². The Morgan fingerprint density at radius 1 is 1.27 bits per heavy atom. The van der Waals surface area contributed by atoms with Crippen LogP contribution in [0.1, 0.15) is 19.4 Å². The predicted octanol–water partition coefficient (Wildman–Crippen LogP) is 3.68. The van der Waals surface area contributed by atoms with Crippen LogP contribution in [-0.2, 0) is 4.79 Å². The molecule has 0 aliphatic rings. The quantitative estimate of drug-likeness (QED) is 0.753. The maximum atomic E-state index is 12.2. The number of nitrogen functional groups attached to an aromatic ring is 1. The number of anilines is 2. The normalized spacial score (nSPS) is 11.2. The smallest absolute Gasteiger partial charge is 0.245 e. The number of nitrogens with one attached hydrogen (secondary N) is 1. The summed E-state index contributed by atoms with van der Waals surface area (Å²) < 4.78 is 0. The highest BCUT2D eigenvalue weighted by molar-refractivity contribution is 5.99. The van der Waals surface area contributed by atoms with E-state index < -0.39 is 11.3 Å². The Kier molecular flexibility index (Phi) is 4.31. The Morgan fingerprint density at radius 3 is 2.69 bits per heavy atom. The number of fused-ring (bicyclic) bond motifs is 1. The third kappa shape index (κ3) is 3.20. The summed E-state index contributed by atoms with van der Waals surface area (Å²) in [5, 5.41) is 13.3. The number of hydrogen-bond donors (Lipinski definition) is 2. The number of rotatable bonds is 3. The second-order valence-electron chi connectivity index (χ2n) is 6.69. The van der Waals surface area contributed by atoms with Crippen LogP contribution in [0.15, 0.2) is 42.6 Å². The number of aromatic nitrogens is 2. The first-order valence-electron chi connectivity index (χ1n) is 8.17. The van der Waals surface area contributed by atoms with Crippen molar-refractivity contribution in [3.63, 3.8) is 0 Å². The van der Waals surface area contributed by atoms with Crippen molar-refractivity contribution in [3.05, 3.63) is 48.2 Å². The second kappa shape index (κ2) is 6.45. The highest BCUT2D eigenvalue weighted by Gasteiger charge is 2.27. The standard InChI is InChI=1S/C20H19N5O/c1-12-6-4-5-7-14(12)16-8-13-9-17(23-10-15(13)18(22)24-16)25-19(26)20(2,3)11-21/h4-10H,1-3H3,(H2,22,24)(H,23,25,26). The van der Waals surface area contributed by atoms with E-state index in [1.165, 1.54) is 0 Å². The molecule has 0 atom stereocenters. The Labute approximate surface area is 151 Å². The van der Waals surface area contributed by atoms with Crippen LogP contribution in [0.25, 0.3) is 22.0 Å². The van der Waals surface area contributed by atoms with Gasteiger partial charge >= 0.3 is 0 Å². The molecule has 1 amide bonds. The van der Waals surface area contributed by atoms with Crippen molar-refractivity contribution in [3.8, 4) is 17.3 Å². The Balaban J connectivity index is 2.05. The molecule has 0 radical (unpaired) electrons. The zero-order chi connectivity index (χ0) is 18.9. The van der Waals surface area contributed by atoms with Crippen LogP contribution in [0.3, 0.4) is 0 Å². The topological polar surface area (TPSA) is 105 Å². The van der Waals surface area contributed by atoms with E-state index in [2.05, 4.69) is 15.3 Å². The number of pyridine rings is 2. The van der Waals surface area contributed by atoms with Crippen LogP contribution >= 0.6 is 0 Å². The van der Waals surface area contributed by atoms with Gasteiger partial charge in [0, 0.05) is 17.1 Å². The lowest BCUT2D eigenvalue weighted by molar-refractivity contribution is -0.121. The van der Waals surface area contributed by atoms with Crippen molar-refractivity contribution in [2.24, 2.45) is 5.41 Å². The van der Waals surface area contributed by atoms with E-state index in [1.54, 1.807) is 26.1 Å². The molecule has 0 aliphatic carbocycles. The Hall–Kier alpha value is -3.46. The number of nitrogens with two attached hydrogens (primary N) is 1. The zero-order valence-electron chi connectivity index (χ0n) is 14.9. The molecule has 26 heavy (non-hydrogen) atoms. The summed E-state index contributed by atoms with van der Waals surface area (Å²) in [6.07, 6.45) is 1.58. The molecule has 2 aromatic heterocycles. The number of carbonyl (C=O) groups is 1. The van der Waals surface area contributed by atoms with Gasteiger partial charge in [-0.2, -0.15) is 5.26 Å². The van der Waals surface area contributed by atoms with Crippen LogP contribution in [0.5, 0.6) is 0 Å². The molecule has 6 heteroatoms. The van der Waals surface area contributed by atoms with E-state index in [4.69, 9.17) is 11.0 Å². The molecule has 1 aromatic carbocycles. The van der Waals surface area contributed by atoms with E-state index >= 15 is 0 Å². The maximum Gasteiger partial charge on any atom is 0.245 e. The summed E-state index contributed by atoms with van der Waals surface area (Å²) in [4.78, 5) is 20.9. The van der Waals surface area contributed by atoms with Gasteiger partial charge in [-0.15, -0.1) is 0 Å². The number of benzene rings is 1. The van der Waals surface area contributed by atoms with Gasteiger partial charge in [0.2, 0.25) is 5.91 Å². The van der Waals surface area contributed by atoms with Crippen molar-refractivity contribution in [2.45, 2.75) is 20.8 Å². The molecule has 0 bridgehead atoms. The van der Waals surface area contributed by atoms with Gasteiger partial charge in [-0.25, -0.2) is 9.97 Å². The van der Waals surface area contributed by atoms with E-state index in [0.29, 0.717) is 17.0 Å². The summed E-state index contributed by atoms with van der Waals surface area (Å²) >= 11 is 0. The maximum absolute atomic E-state index is 12.2. The lowest BCUT2D eigenvalue weighted by Crippen LogP contribution is -2.29. The summed E-state index contributed by atoms with van der Waals surface area (Å²) in [6.45, 7) is 5.13. The monoisotopic (exact) mass is 345 g/mol. The van der Waals surface area contributed by atoms with Crippen LogP contribution in [0.4, 0.5) is 11.6 Å². The molecule has 2 heterocycles. The third-order valence-corrected chi connectivity index (χ3v) is 4.25. The van der Waals surface area contributed by atoms with Gasteiger partial charge in [-0.1, -0.05) is 24.3 Å². The van der Waals surface area contributed by atoms with E-state index in [-0.39, 0.29) is 0 Å². The number of aryl methyl sites for hydroxylation is 1. The first-order valence-corrected chi connectivity index (χ1v) is 8.17. The molecule has 3 aromatic rings. The van der Waals surface area contributed by atoms with E-state index in [1.807, 2.05) is 43.3 Å². The summed E-state index contributed by atoms with van der Waals surface area (Å²) in [5.74, 6) is 0.337. The van der Waals surface area contributed by atoms with Crippen molar-refractivity contribution in [2.75, 3.05) is 11.1 Å². The van der Waals surface area contributed by atoms with E-state index in [9.17, 15) is 4.79 Å². The molecule has 0 spiro atoms. The molecule has 0 saturated heterocycles. The highest BCUT2D eigenvalue weighted by atomic mass is 16.2. The lowest BCUT2D eigenvalue weighted by Gasteiger charge is -2.15. The van der Waals surface area contributed by atoms with Gasteiger partial charge in [0.05, 0.1) is 11.8 Å².